The maximum absolute atomic E-state index is 6.16. The lowest BCUT2D eigenvalue weighted by Gasteiger charge is -2.06. The zero-order valence-electron chi connectivity index (χ0n) is 11.0. The van der Waals surface area contributed by atoms with Crippen LogP contribution in [0.3, 0.4) is 0 Å². The number of rotatable bonds is 4. The molecule has 18 heavy (non-hydrogen) atoms. The second kappa shape index (κ2) is 6.06. The van der Waals surface area contributed by atoms with Crippen LogP contribution in [0, 0.1) is 6.92 Å². The highest BCUT2D eigenvalue weighted by Crippen LogP contribution is 2.25. The summed E-state index contributed by atoms with van der Waals surface area (Å²) in [6.07, 6.45) is 3.68. The van der Waals surface area contributed by atoms with Gasteiger partial charge in [-0.25, -0.2) is 0 Å². The monoisotopic (exact) mass is 258 g/mol. The van der Waals surface area contributed by atoms with Crippen LogP contribution >= 0.6 is 11.6 Å². The lowest BCUT2D eigenvalue weighted by atomic mass is 10.0. The van der Waals surface area contributed by atoms with E-state index in [-0.39, 0.29) is 0 Å². The van der Waals surface area contributed by atoms with Gasteiger partial charge in [-0.1, -0.05) is 61.3 Å². The first-order chi connectivity index (χ1) is 8.70. The highest BCUT2D eigenvalue weighted by atomic mass is 35.5. The summed E-state index contributed by atoms with van der Waals surface area (Å²) in [5.41, 5.74) is 4.96. The van der Waals surface area contributed by atoms with Crippen LogP contribution in [0.2, 0.25) is 5.02 Å². The molecule has 0 aliphatic heterocycles. The van der Waals surface area contributed by atoms with Gasteiger partial charge in [0.05, 0.1) is 0 Å². The van der Waals surface area contributed by atoms with Crippen molar-refractivity contribution >= 4 is 11.6 Å². The molecule has 0 saturated carbocycles. The van der Waals surface area contributed by atoms with Gasteiger partial charge >= 0.3 is 0 Å². The van der Waals surface area contributed by atoms with Crippen molar-refractivity contribution in [3.8, 4) is 11.1 Å². The Hall–Kier alpha value is -1.27. The minimum Gasteiger partial charge on any atom is -0.0840 e. The van der Waals surface area contributed by atoms with E-state index in [9.17, 15) is 0 Å². The summed E-state index contributed by atoms with van der Waals surface area (Å²) in [5, 5.41) is 0.836. The second-order valence-electron chi connectivity index (χ2n) is 4.76. The molecule has 0 unspecified atom stereocenters. The maximum atomic E-state index is 6.16. The molecule has 0 aliphatic rings. The van der Waals surface area contributed by atoms with Crippen molar-refractivity contribution in [2.75, 3.05) is 0 Å². The molecule has 94 valence electrons. The Labute approximate surface area is 115 Å². The predicted octanol–water partition coefficient (Wildman–Crippen LogP) is 5.66. The van der Waals surface area contributed by atoms with Crippen LogP contribution in [0.15, 0.2) is 42.5 Å². The molecule has 0 heterocycles. The zero-order chi connectivity index (χ0) is 13.0. The summed E-state index contributed by atoms with van der Waals surface area (Å²) in [6, 6.07) is 15.1. The quantitative estimate of drug-likeness (QED) is 0.664. The summed E-state index contributed by atoms with van der Waals surface area (Å²) in [7, 11) is 0. The van der Waals surface area contributed by atoms with Crippen LogP contribution in [-0.2, 0) is 6.42 Å². The van der Waals surface area contributed by atoms with Crippen LogP contribution in [0.4, 0.5) is 0 Å². The molecule has 0 atom stereocenters. The molecule has 0 aliphatic carbocycles. The third kappa shape index (κ3) is 3.14. The van der Waals surface area contributed by atoms with Gasteiger partial charge in [-0.05, 0) is 48.1 Å². The molecule has 0 N–H and O–H groups in total. The Kier molecular flexibility index (Phi) is 4.43. The van der Waals surface area contributed by atoms with Crippen molar-refractivity contribution in [1.82, 2.24) is 0 Å². The van der Waals surface area contributed by atoms with E-state index < -0.39 is 0 Å². The Bertz CT molecular complexity index is 512. The van der Waals surface area contributed by atoms with Crippen molar-refractivity contribution in [2.24, 2.45) is 0 Å². The summed E-state index contributed by atoms with van der Waals surface area (Å²) in [5.74, 6) is 0. The molecule has 0 radical (unpaired) electrons. The topological polar surface area (TPSA) is 0 Å². The molecular formula is C17H19Cl. The first kappa shape index (κ1) is 13.2. The Morgan fingerprint density at radius 1 is 0.944 bits per heavy atom. The van der Waals surface area contributed by atoms with E-state index in [2.05, 4.69) is 43.3 Å². The summed E-state index contributed by atoms with van der Waals surface area (Å²) in [6.45, 7) is 4.25. The summed E-state index contributed by atoms with van der Waals surface area (Å²) in [4.78, 5) is 0. The predicted molar refractivity (Wildman–Crippen MR) is 80.2 cm³/mol. The van der Waals surface area contributed by atoms with Crippen molar-refractivity contribution < 1.29 is 0 Å². The average molecular weight is 259 g/mol. The second-order valence-corrected chi connectivity index (χ2v) is 5.17. The Morgan fingerprint density at radius 3 is 2.22 bits per heavy atom. The number of unbranched alkanes of at least 4 members (excludes halogenated alkanes) is 1. The Balaban J connectivity index is 2.20. The van der Waals surface area contributed by atoms with Gasteiger partial charge in [-0.3, -0.25) is 0 Å². The SMILES string of the molecule is CCCCc1ccc(-c2ccc(C)c(Cl)c2)cc1. The van der Waals surface area contributed by atoms with Crippen molar-refractivity contribution in [2.45, 2.75) is 33.1 Å². The normalized spacial score (nSPS) is 10.6. The molecule has 2 aromatic carbocycles. The van der Waals surface area contributed by atoms with Gasteiger partial charge < -0.3 is 0 Å². The zero-order valence-corrected chi connectivity index (χ0v) is 11.8. The van der Waals surface area contributed by atoms with Crippen LogP contribution in [0.25, 0.3) is 11.1 Å². The van der Waals surface area contributed by atoms with E-state index in [0.29, 0.717) is 0 Å². The molecule has 0 amide bonds. The van der Waals surface area contributed by atoms with Gasteiger partial charge in [0.2, 0.25) is 0 Å². The summed E-state index contributed by atoms with van der Waals surface area (Å²) < 4.78 is 0. The smallest absolute Gasteiger partial charge is 0.0441 e. The molecule has 0 spiro atoms. The molecule has 0 saturated heterocycles. The molecule has 0 aromatic heterocycles. The number of hydrogen-bond donors (Lipinski definition) is 0. The van der Waals surface area contributed by atoms with Gasteiger partial charge in [0.15, 0.2) is 0 Å². The average Bonchev–Trinajstić information content (AvgIpc) is 2.40. The molecule has 0 bridgehead atoms. The van der Waals surface area contributed by atoms with E-state index in [1.807, 2.05) is 13.0 Å². The third-order valence-electron chi connectivity index (χ3n) is 3.28. The van der Waals surface area contributed by atoms with Gasteiger partial charge in [0.1, 0.15) is 0 Å². The molecule has 1 heteroatoms. The van der Waals surface area contributed by atoms with Gasteiger partial charge in [-0.15, -0.1) is 0 Å². The van der Waals surface area contributed by atoms with Crippen molar-refractivity contribution in [3.05, 3.63) is 58.6 Å². The van der Waals surface area contributed by atoms with E-state index in [0.717, 1.165) is 10.6 Å². The molecule has 0 nitrogen and oxygen atoms in total. The fourth-order valence-corrected chi connectivity index (χ4v) is 2.20. The minimum atomic E-state index is 0.836. The fourth-order valence-electron chi connectivity index (χ4n) is 2.02. The van der Waals surface area contributed by atoms with Gasteiger partial charge in [0, 0.05) is 5.02 Å². The highest BCUT2D eigenvalue weighted by molar-refractivity contribution is 6.31. The van der Waals surface area contributed by atoms with Gasteiger partial charge in [0.25, 0.3) is 0 Å². The first-order valence-electron chi connectivity index (χ1n) is 6.56. The van der Waals surface area contributed by atoms with Crippen molar-refractivity contribution in [1.29, 1.82) is 0 Å². The van der Waals surface area contributed by atoms with E-state index in [1.165, 1.54) is 36.0 Å². The maximum Gasteiger partial charge on any atom is 0.0441 e. The first-order valence-corrected chi connectivity index (χ1v) is 6.94. The third-order valence-corrected chi connectivity index (χ3v) is 3.69. The van der Waals surface area contributed by atoms with E-state index >= 15 is 0 Å². The standard InChI is InChI=1S/C17H19Cl/c1-3-4-5-14-7-10-15(11-8-14)16-9-6-13(2)17(18)12-16/h6-12H,3-5H2,1-2H3. The Morgan fingerprint density at radius 2 is 1.61 bits per heavy atom. The number of benzene rings is 2. The molecule has 0 fully saturated rings. The van der Waals surface area contributed by atoms with Crippen molar-refractivity contribution in [3.63, 3.8) is 0 Å². The highest BCUT2D eigenvalue weighted by Gasteiger charge is 2.01. The molecule has 2 rings (SSSR count). The number of halogens is 1. The van der Waals surface area contributed by atoms with E-state index in [4.69, 9.17) is 11.6 Å². The largest absolute Gasteiger partial charge is 0.0840 e. The van der Waals surface area contributed by atoms with Gasteiger partial charge in [-0.2, -0.15) is 0 Å². The van der Waals surface area contributed by atoms with Crippen LogP contribution < -0.4 is 0 Å². The fraction of sp³-hybridized carbons (Fsp3) is 0.294. The number of aryl methyl sites for hydroxylation is 2. The van der Waals surface area contributed by atoms with E-state index in [1.54, 1.807) is 0 Å². The lowest BCUT2D eigenvalue weighted by molar-refractivity contribution is 0.795. The lowest BCUT2D eigenvalue weighted by Crippen LogP contribution is -1.85. The minimum absolute atomic E-state index is 0.836. The van der Waals surface area contributed by atoms with Crippen LogP contribution in [0.5, 0.6) is 0 Å². The molecule has 2 aromatic rings. The molecular weight excluding hydrogens is 240 g/mol. The van der Waals surface area contributed by atoms with Crippen LogP contribution in [0.1, 0.15) is 30.9 Å². The summed E-state index contributed by atoms with van der Waals surface area (Å²) >= 11 is 6.16. The number of hydrogen-bond acceptors (Lipinski definition) is 0. The van der Waals surface area contributed by atoms with Crippen LogP contribution in [-0.4, -0.2) is 0 Å².